The Morgan fingerprint density at radius 2 is 2.00 bits per heavy atom. The van der Waals surface area contributed by atoms with Crippen LogP contribution in [0.1, 0.15) is 31.1 Å². The first-order valence-electron chi connectivity index (χ1n) is 6.99. The molecule has 0 aliphatic carbocycles. The van der Waals surface area contributed by atoms with Gasteiger partial charge in [-0.3, -0.25) is 15.1 Å². The van der Waals surface area contributed by atoms with Crippen molar-refractivity contribution >= 4 is 18.1 Å². The average Bonchev–Trinajstić information content (AvgIpc) is 2.46. The zero-order valence-electron chi connectivity index (χ0n) is 13.1. The van der Waals surface area contributed by atoms with Crippen LogP contribution in [0.5, 0.6) is 0 Å². The fourth-order valence-electron chi connectivity index (χ4n) is 2.00. The Labute approximate surface area is 133 Å². The molecule has 0 saturated heterocycles. The molecule has 0 atom stereocenters. The number of carbonyl (C=O) groups is 2. The standard InChI is InChI=1S/C17H17FN2O3/c1-17(2,3)23-16(22)20-12-4-5-13(11(8-12)10-21)14-6-7-19-9-15(14)18/h4-10H,1-3H3,(H,20,22). The third-order valence-corrected chi connectivity index (χ3v) is 2.89. The van der Waals surface area contributed by atoms with Gasteiger partial charge in [0.2, 0.25) is 0 Å². The highest BCUT2D eigenvalue weighted by Gasteiger charge is 2.17. The van der Waals surface area contributed by atoms with E-state index in [9.17, 15) is 14.0 Å². The van der Waals surface area contributed by atoms with Crippen LogP contribution in [-0.4, -0.2) is 23.0 Å². The number of hydrogen-bond donors (Lipinski definition) is 1. The maximum Gasteiger partial charge on any atom is 0.412 e. The summed E-state index contributed by atoms with van der Waals surface area (Å²) in [6.07, 6.45) is 2.50. The lowest BCUT2D eigenvalue weighted by Gasteiger charge is -2.20. The summed E-state index contributed by atoms with van der Waals surface area (Å²) < 4.78 is 19.0. The zero-order chi connectivity index (χ0) is 17.0. The topological polar surface area (TPSA) is 68.3 Å². The third kappa shape index (κ3) is 4.35. The molecule has 0 bridgehead atoms. The number of ether oxygens (including phenoxy) is 1. The van der Waals surface area contributed by atoms with Crippen molar-refractivity contribution in [2.45, 2.75) is 26.4 Å². The molecule has 0 fully saturated rings. The zero-order valence-corrected chi connectivity index (χ0v) is 13.1. The summed E-state index contributed by atoms with van der Waals surface area (Å²) in [4.78, 5) is 26.7. The summed E-state index contributed by atoms with van der Waals surface area (Å²) in [6.45, 7) is 5.25. The minimum Gasteiger partial charge on any atom is -0.444 e. The first kappa shape index (κ1) is 16.6. The lowest BCUT2D eigenvalue weighted by molar-refractivity contribution is 0.0635. The van der Waals surface area contributed by atoms with Gasteiger partial charge in [0.05, 0.1) is 6.20 Å². The van der Waals surface area contributed by atoms with Crippen LogP contribution in [0.4, 0.5) is 14.9 Å². The average molecular weight is 316 g/mol. The fourth-order valence-corrected chi connectivity index (χ4v) is 2.00. The van der Waals surface area contributed by atoms with Crippen LogP contribution in [0.25, 0.3) is 11.1 Å². The molecule has 2 rings (SSSR count). The molecule has 1 aromatic heterocycles. The summed E-state index contributed by atoms with van der Waals surface area (Å²) in [7, 11) is 0. The van der Waals surface area contributed by atoms with Crippen LogP contribution < -0.4 is 5.32 Å². The summed E-state index contributed by atoms with van der Waals surface area (Å²) >= 11 is 0. The predicted octanol–water partition coefficient (Wildman–Crippen LogP) is 4.05. The SMILES string of the molecule is CC(C)(C)OC(=O)Nc1ccc(-c2ccncc2F)c(C=O)c1. The summed E-state index contributed by atoms with van der Waals surface area (Å²) in [5.41, 5.74) is 0.710. The van der Waals surface area contributed by atoms with E-state index in [1.54, 1.807) is 32.9 Å². The predicted molar refractivity (Wildman–Crippen MR) is 84.9 cm³/mol. The molecule has 0 aliphatic rings. The molecule has 0 radical (unpaired) electrons. The number of nitrogens with zero attached hydrogens (tertiary/aromatic N) is 1. The van der Waals surface area contributed by atoms with Gasteiger partial charge in [0.15, 0.2) is 6.29 Å². The molecule has 6 heteroatoms. The van der Waals surface area contributed by atoms with Gasteiger partial charge in [-0.15, -0.1) is 0 Å². The Morgan fingerprint density at radius 1 is 1.26 bits per heavy atom. The first-order valence-corrected chi connectivity index (χ1v) is 6.99. The van der Waals surface area contributed by atoms with E-state index in [4.69, 9.17) is 4.74 Å². The smallest absolute Gasteiger partial charge is 0.412 e. The highest BCUT2D eigenvalue weighted by atomic mass is 19.1. The number of pyridine rings is 1. The van der Waals surface area contributed by atoms with Crippen LogP contribution in [0.2, 0.25) is 0 Å². The monoisotopic (exact) mass is 316 g/mol. The van der Waals surface area contributed by atoms with Gasteiger partial charge >= 0.3 is 6.09 Å². The molecule has 1 aromatic carbocycles. The molecule has 120 valence electrons. The van der Waals surface area contributed by atoms with Crippen LogP contribution >= 0.6 is 0 Å². The highest BCUT2D eigenvalue weighted by Crippen LogP contribution is 2.27. The molecule has 0 saturated carbocycles. The molecular formula is C17H17FN2O3. The van der Waals surface area contributed by atoms with Crippen molar-refractivity contribution in [1.82, 2.24) is 4.98 Å². The minimum absolute atomic E-state index is 0.253. The van der Waals surface area contributed by atoms with Crippen LogP contribution in [0.3, 0.4) is 0 Å². The van der Waals surface area contributed by atoms with Gasteiger partial charge in [-0.1, -0.05) is 6.07 Å². The second-order valence-electron chi connectivity index (χ2n) is 5.90. The lowest BCUT2D eigenvalue weighted by Crippen LogP contribution is -2.27. The number of carbonyl (C=O) groups excluding carboxylic acids is 2. The van der Waals surface area contributed by atoms with Gasteiger partial charge in [0.25, 0.3) is 0 Å². The number of aromatic nitrogens is 1. The number of anilines is 1. The number of aldehydes is 1. The van der Waals surface area contributed by atoms with Gasteiger partial charge in [-0.05, 0) is 44.5 Å². The first-order chi connectivity index (χ1) is 10.8. The largest absolute Gasteiger partial charge is 0.444 e. The fraction of sp³-hybridized carbons (Fsp3) is 0.235. The van der Waals surface area contributed by atoms with Crippen molar-refractivity contribution in [2.24, 2.45) is 0 Å². The number of rotatable bonds is 3. The molecule has 0 unspecified atom stereocenters. The highest BCUT2D eigenvalue weighted by molar-refractivity contribution is 5.92. The van der Waals surface area contributed by atoms with E-state index in [1.165, 1.54) is 18.3 Å². The van der Waals surface area contributed by atoms with Crippen LogP contribution in [0.15, 0.2) is 36.7 Å². The third-order valence-electron chi connectivity index (χ3n) is 2.89. The molecule has 0 aliphatic heterocycles. The van der Waals surface area contributed by atoms with Crippen molar-refractivity contribution in [3.8, 4) is 11.1 Å². The molecule has 1 heterocycles. The van der Waals surface area contributed by atoms with E-state index in [0.717, 1.165) is 6.20 Å². The molecule has 1 amide bonds. The Morgan fingerprint density at radius 3 is 2.61 bits per heavy atom. The molecule has 5 nitrogen and oxygen atoms in total. The number of amides is 1. The minimum atomic E-state index is -0.628. The summed E-state index contributed by atoms with van der Waals surface area (Å²) in [5, 5.41) is 2.54. The summed E-state index contributed by atoms with van der Waals surface area (Å²) in [5.74, 6) is -0.525. The number of hydrogen-bond acceptors (Lipinski definition) is 4. The van der Waals surface area contributed by atoms with E-state index in [-0.39, 0.29) is 11.1 Å². The molecule has 1 N–H and O–H groups in total. The van der Waals surface area contributed by atoms with Crippen molar-refractivity contribution in [2.75, 3.05) is 5.32 Å². The van der Waals surface area contributed by atoms with Crippen molar-refractivity contribution in [3.63, 3.8) is 0 Å². The van der Waals surface area contributed by atoms with E-state index in [1.807, 2.05) is 0 Å². The number of halogens is 1. The van der Waals surface area contributed by atoms with Gasteiger partial charge in [-0.2, -0.15) is 0 Å². The Balaban J connectivity index is 2.29. The number of benzene rings is 1. The van der Waals surface area contributed by atoms with E-state index in [0.29, 0.717) is 17.5 Å². The van der Waals surface area contributed by atoms with E-state index < -0.39 is 17.5 Å². The maximum atomic E-state index is 13.8. The van der Waals surface area contributed by atoms with Crippen molar-refractivity contribution in [3.05, 3.63) is 48.0 Å². The number of nitrogens with one attached hydrogen (secondary N) is 1. The second kappa shape index (κ2) is 6.56. The van der Waals surface area contributed by atoms with Crippen LogP contribution in [0, 0.1) is 5.82 Å². The van der Waals surface area contributed by atoms with Gasteiger partial charge in [-0.25, -0.2) is 9.18 Å². The van der Waals surface area contributed by atoms with E-state index in [2.05, 4.69) is 10.3 Å². The molecule has 23 heavy (non-hydrogen) atoms. The van der Waals surface area contributed by atoms with Gasteiger partial charge in [0, 0.05) is 23.0 Å². The van der Waals surface area contributed by atoms with Crippen LogP contribution in [-0.2, 0) is 4.74 Å². The van der Waals surface area contributed by atoms with Gasteiger partial charge < -0.3 is 4.74 Å². The second-order valence-corrected chi connectivity index (χ2v) is 5.90. The van der Waals surface area contributed by atoms with E-state index >= 15 is 0 Å². The molecular weight excluding hydrogens is 299 g/mol. The Bertz CT molecular complexity index is 739. The quantitative estimate of drug-likeness (QED) is 0.867. The van der Waals surface area contributed by atoms with Crippen molar-refractivity contribution in [1.29, 1.82) is 0 Å². The normalized spacial score (nSPS) is 11.0. The van der Waals surface area contributed by atoms with Gasteiger partial charge in [0.1, 0.15) is 11.4 Å². The maximum absolute atomic E-state index is 13.8. The lowest BCUT2D eigenvalue weighted by atomic mass is 10.0. The summed E-state index contributed by atoms with van der Waals surface area (Å²) in [6, 6.07) is 6.09. The Kier molecular flexibility index (Phi) is 4.74. The molecule has 0 spiro atoms. The van der Waals surface area contributed by atoms with Crippen molar-refractivity contribution < 1.29 is 18.7 Å². The molecule has 2 aromatic rings. The Hall–Kier alpha value is -2.76.